The van der Waals surface area contributed by atoms with E-state index in [2.05, 4.69) is 12.2 Å². The SMILES string of the molecule is CCNCc1cccc(CS(=O)(=O)N2CCCCC2)c1. The molecule has 0 amide bonds. The van der Waals surface area contributed by atoms with Crippen LogP contribution in [0.1, 0.15) is 37.3 Å². The average molecular weight is 296 g/mol. The summed E-state index contributed by atoms with van der Waals surface area (Å²) in [5, 5.41) is 3.26. The fraction of sp³-hybridized carbons (Fsp3) is 0.600. The molecule has 0 bridgehead atoms. The molecule has 0 aromatic heterocycles. The molecule has 0 spiro atoms. The van der Waals surface area contributed by atoms with Gasteiger partial charge in [0.1, 0.15) is 0 Å². The summed E-state index contributed by atoms with van der Waals surface area (Å²) >= 11 is 0. The molecule has 0 aliphatic carbocycles. The van der Waals surface area contributed by atoms with Crippen molar-refractivity contribution in [3.05, 3.63) is 35.4 Å². The molecular weight excluding hydrogens is 272 g/mol. The minimum atomic E-state index is -3.16. The molecule has 1 fully saturated rings. The van der Waals surface area contributed by atoms with Gasteiger partial charge in [-0.3, -0.25) is 0 Å². The van der Waals surface area contributed by atoms with Crippen LogP contribution in [0, 0.1) is 0 Å². The van der Waals surface area contributed by atoms with Crippen LogP contribution in [0.25, 0.3) is 0 Å². The monoisotopic (exact) mass is 296 g/mol. The molecule has 2 rings (SSSR count). The third-order valence-electron chi connectivity index (χ3n) is 3.63. The molecule has 5 heteroatoms. The summed E-state index contributed by atoms with van der Waals surface area (Å²) in [5.41, 5.74) is 2.02. The molecule has 1 N–H and O–H groups in total. The Labute approximate surface area is 122 Å². The van der Waals surface area contributed by atoms with Crippen molar-refractivity contribution in [2.24, 2.45) is 0 Å². The lowest BCUT2D eigenvalue weighted by atomic mass is 10.1. The Morgan fingerprint density at radius 2 is 1.85 bits per heavy atom. The zero-order valence-corrected chi connectivity index (χ0v) is 13.0. The molecule has 1 aliphatic heterocycles. The molecule has 4 nitrogen and oxygen atoms in total. The minimum Gasteiger partial charge on any atom is -0.313 e. The number of piperidine rings is 1. The van der Waals surface area contributed by atoms with Gasteiger partial charge < -0.3 is 5.32 Å². The van der Waals surface area contributed by atoms with Crippen LogP contribution in [0.5, 0.6) is 0 Å². The standard InChI is InChI=1S/C15H24N2O2S/c1-2-16-12-14-7-6-8-15(11-14)13-20(18,19)17-9-4-3-5-10-17/h6-8,11,16H,2-5,9-10,12-13H2,1H3. The predicted molar refractivity (Wildman–Crippen MR) is 81.9 cm³/mol. The molecule has 112 valence electrons. The predicted octanol–water partition coefficient (Wildman–Crippen LogP) is 2.11. The molecule has 1 aliphatic rings. The Balaban J connectivity index is 2.04. The van der Waals surface area contributed by atoms with E-state index in [0.29, 0.717) is 13.1 Å². The van der Waals surface area contributed by atoms with Crippen LogP contribution >= 0.6 is 0 Å². The van der Waals surface area contributed by atoms with Gasteiger partial charge in [0.25, 0.3) is 0 Å². The molecule has 0 unspecified atom stereocenters. The van der Waals surface area contributed by atoms with E-state index >= 15 is 0 Å². The van der Waals surface area contributed by atoms with Crippen LogP contribution in [0.4, 0.5) is 0 Å². The highest BCUT2D eigenvalue weighted by Gasteiger charge is 2.24. The van der Waals surface area contributed by atoms with Crippen molar-refractivity contribution < 1.29 is 8.42 Å². The lowest BCUT2D eigenvalue weighted by molar-refractivity contribution is 0.346. The highest BCUT2D eigenvalue weighted by Crippen LogP contribution is 2.17. The third-order valence-corrected chi connectivity index (χ3v) is 5.48. The Hall–Kier alpha value is -0.910. The van der Waals surface area contributed by atoms with Crippen molar-refractivity contribution in [1.29, 1.82) is 0 Å². The van der Waals surface area contributed by atoms with E-state index in [9.17, 15) is 8.42 Å². The molecule has 1 heterocycles. The Morgan fingerprint density at radius 3 is 2.55 bits per heavy atom. The van der Waals surface area contributed by atoms with E-state index in [-0.39, 0.29) is 5.75 Å². The molecule has 0 saturated carbocycles. The van der Waals surface area contributed by atoms with Crippen molar-refractivity contribution in [2.75, 3.05) is 19.6 Å². The summed E-state index contributed by atoms with van der Waals surface area (Å²) in [4.78, 5) is 0. The summed E-state index contributed by atoms with van der Waals surface area (Å²) < 4.78 is 26.4. The first-order chi connectivity index (χ1) is 9.62. The van der Waals surface area contributed by atoms with E-state index in [1.807, 2.05) is 24.3 Å². The molecule has 0 radical (unpaired) electrons. The van der Waals surface area contributed by atoms with Crippen molar-refractivity contribution in [3.63, 3.8) is 0 Å². The first-order valence-electron chi connectivity index (χ1n) is 7.38. The van der Waals surface area contributed by atoms with E-state index in [4.69, 9.17) is 0 Å². The van der Waals surface area contributed by atoms with Gasteiger partial charge in [-0.25, -0.2) is 12.7 Å². The summed E-state index contributed by atoms with van der Waals surface area (Å²) in [6, 6.07) is 7.86. The smallest absolute Gasteiger partial charge is 0.218 e. The average Bonchev–Trinajstić information content (AvgIpc) is 2.46. The zero-order chi connectivity index (χ0) is 14.4. The molecule has 1 aromatic rings. The zero-order valence-electron chi connectivity index (χ0n) is 12.1. The number of benzene rings is 1. The summed E-state index contributed by atoms with van der Waals surface area (Å²) in [6.45, 7) is 5.12. The second-order valence-corrected chi connectivity index (χ2v) is 7.29. The van der Waals surface area contributed by atoms with Gasteiger partial charge in [0.05, 0.1) is 5.75 Å². The van der Waals surface area contributed by atoms with Crippen molar-refractivity contribution >= 4 is 10.0 Å². The largest absolute Gasteiger partial charge is 0.313 e. The second-order valence-electron chi connectivity index (χ2n) is 5.32. The maximum atomic E-state index is 12.4. The van der Waals surface area contributed by atoms with Crippen molar-refractivity contribution in [2.45, 2.75) is 38.5 Å². The summed E-state index contributed by atoms with van der Waals surface area (Å²) in [6.07, 6.45) is 3.11. The lowest BCUT2D eigenvalue weighted by Crippen LogP contribution is -2.36. The molecular formula is C15H24N2O2S. The van der Waals surface area contributed by atoms with Crippen LogP contribution in [0.3, 0.4) is 0 Å². The van der Waals surface area contributed by atoms with Gasteiger partial charge in [0.15, 0.2) is 0 Å². The summed E-state index contributed by atoms with van der Waals surface area (Å²) in [5.74, 6) is 0.118. The van der Waals surface area contributed by atoms with E-state index in [1.165, 1.54) is 0 Å². The normalized spacial score (nSPS) is 17.2. The molecule has 1 saturated heterocycles. The third kappa shape index (κ3) is 4.30. The summed E-state index contributed by atoms with van der Waals surface area (Å²) in [7, 11) is -3.16. The maximum Gasteiger partial charge on any atom is 0.218 e. The van der Waals surface area contributed by atoms with Gasteiger partial charge in [-0.1, -0.05) is 37.6 Å². The first kappa shape index (κ1) is 15.5. The first-order valence-corrected chi connectivity index (χ1v) is 8.99. The number of hydrogen-bond donors (Lipinski definition) is 1. The van der Waals surface area contributed by atoms with Gasteiger partial charge >= 0.3 is 0 Å². The fourth-order valence-electron chi connectivity index (χ4n) is 2.54. The Bertz CT molecular complexity index is 522. The van der Waals surface area contributed by atoms with Gasteiger partial charge in [0.2, 0.25) is 10.0 Å². The van der Waals surface area contributed by atoms with Gasteiger partial charge in [-0.05, 0) is 30.5 Å². The van der Waals surface area contributed by atoms with Crippen LogP contribution in [0.2, 0.25) is 0 Å². The molecule has 1 aromatic carbocycles. The van der Waals surface area contributed by atoms with Crippen LogP contribution in [-0.2, 0) is 22.3 Å². The second kappa shape index (κ2) is 7.20. The Kier molecular flexibility index (Phi) is 5.57. The number of sulfonamides is 1. The quantitative estimate of drug-likeness (QED) is 0.874. The van der Waals surface area contributed by atoms with Crippen molar-refractivity contribution in [1.82, 2.24) is 9.62 Å². The Morgan fingerprint density at radius 1 is 1.15 bits per heavy atom. The highest BCUT2D eigenvalue weighted by molar-refractivity contribution is 7.88. The van der Waals surface area contributed by atoms with E-state index < -0.39 is 10.0 Å². The lowest BCUT2D eigenvalue weighted by Gasteiger charge is -2.25. The minimum absolute atomic E-state index is 0.118. The van der Waals surface area contributed by atoms with Crippen LogP contribution in [0.15, 0.2) is 24.3 Å². The van der Waals surface area contributed by atoms with Crippen LogP contribution < -0.4 is 5.32 Å². The highest BCUT2D eigenvalue weighted by atomic mass is 32.2. The van der Waals surface area contributed by atoms with E-state index in [1.54, 1.807) is 4.31 Å². The van der Waals surface area contributed by atoms with Crippen LogP contribution in [-0.4, -0.2) is 32.4 Å². The number of hydrogen-bond acceptors (Lipinski definition) is 3. The maximum absolute atomic E-state index is 12.4. The number of nitrogens with one attached hydrogen (secondary N) is 1. The molecule has 20 heavy (non-hydrogen) atoms. The van der Waals surface area contributed by atoms with Gasteiger partial charge in [-0.2, -0.15) is 0 Å². The topological polar surface area (TPSA) is 49.4 Å². The van der Waals surface area contributed by atoms with Gasteiger partial charge in [-0.15, -0.1) is 0 Å². The van der Waals surface area contributed by atoms with E-state index in [0.717, 1.165) is 43.5 Å². The molecule has 0 atom stereocenters. The van der Waals surface area contributed by atoms with Crippen molar-refractivity contribution in [3.8, 4) is 0 Å². The fourth-order valence-corrected chi connectivity index (χ4v) is 4.14. The number of rotatable bonds is 6. The van der Waals surface area contributed by atoms with Gasteiger partial charge in [0, 0.05) is 19.6 Å². The number of nitrogens with zero attached hydrogens (tertiary/aromatic N) is 1.